The quantitative estimate of drug-likeness (QED) is 0.554. The summed E-state index contributed by atoms with van der Waals surface area (Å²) in [6.07, 6.45) is 1.38. The Morgan fingerprint density at radius 1 is 1.27 bits per heavy atom. The summed E-state index contributed by atoms with van der Waals surface area (Å²) in [5.41, 5.74) is 0. The van der Waals surface area contributed by atoms with Crippen LogP contribution in [0.4, 0.5) is 0 Å². The summed E-state index contributed by atoms with van der Waals surface area (Å²) in [5, 5.41) is 6.77. The highest BCUT2D eigenvalue weighted by Crippen LogP contribution is 2.10. The van der Waals surface area contributed by atoms with Crippen molar-refractivity contribution in [3.63, 3.8) is 0 Å². The van der Waals surface area contributed by atoms with E-state index in [0.717, 1.165) is 64.9 Å². The average molecular weight is 312 g/mol. The molecule has 6 heteroatoms. The minimum absolute atomic E-state index is 0.237. The first-order chi connectivity index (χ1) is 10.7. The van der Waals surface area contributed by atoms with Crippen LogP contribution in [0.15, 0.2) is 4.99 Å². The number of nitrogens with one attached hydrogen (secondary N) is 2. The SMILES string of the molecule is CN=C(NCC1CCOC1)NCC1CN(CC(C)C)CCO1. The Labute approximate surface area is 134 Å². The first-order valence-electron chi connectivity index (χ1n) is 8.53. The Bertz CT molecular complexity index is 343. The molecule has 0 radical (unpaired) electrons. The zero-order valence-electron chi connectivity index (χ0n) is 14.3. The summed E-state index contributed by atoms with van der Waals surface area (Å²) in [6.45, 7) is 12.0. The topological polar surface area (TPSA) is 58.1 Å². The van der Waals surface area contributed by atoms with E-state index < -0.39 is 0 Å². The maximum absolute atomic E-state index is 5.86. The molecule has 2 atom stereocenters. The normalized spacial score (nSPS) is 27.4. The highest BCUT2D eigenvalue weighted by molar-refractivity contribution is 5.79. The molecular weight excluding hydrogens is 280 g/mol. The molecule has 2 unspecified atom stereocenters. The van der Waals surface area contributed by atoms with Crippen molar-refractivity contribution in [2.45, 2.75) is 26.4 Å². The van der Waals surface area contributed by atoms with Crippen LogP contribution in [0.3, 0.4) is 0 Å². The minimum Gasteiger partial charge on any atom is -0.381 e. The lowest BCUT2D eigenvalue weighted by atomic mass is 10.1. The first kappa shape index (κ1) is 17.5. The lowest BCUT2D eigenvalue weighted by Crippen LogP contribution is -2.50. The van der Waals surface area contributed by atoms with Gasteiger partial charge in [0, 0.05) is 52.3 Å². The highest BCUT2D eigenvalue weighted by Gasteiger charge is 2.21. The summed E-state index contributed by atoms with van der Waals surface area (Å²) in [5.74, 6) is 2.16. The van der Waals surface area contributed by atoms with Crippen molar-refractivity contribution in [2.24, 2.45) is 16.8 Å². The first-order valence-corrected chi connectivity index (χ1v) is 8.53. The summed E-state index contributed by atoms with van der Waals surface area (Å²) in [4.78, 5) is 6.78. The second-order valence-electron chi connectivity index (χ2n) is 6.71. The molecule has 6 nitrogen and oxygen atoms in total. The van der Waals surface area contributed by atoms with Gasteiger partial charge in [-0.3, -0.25) is 9.89 Å². The second-order valence-corrected chi connectivity index (χ2v) is 6.71. The van der Waals surface area contributed by atoms with E-state index >= 15 is 0 Å². The lowest BCUT2D eigenvalue weighted by molar-refractivity contribution is -0.0284. The van der Waals surface area contributed by atoms with Gasteiger partial charge in [-0.2, -0.15) is 0 Å². The minimum atomic E-state index is 0.237. The van der Waals surface area contributed by atoms with Crippen molar-refractivity contribution in [3.8, 4) is 0 Å². The second kappa shape index (κ2) is 9.33. The van der Waals surface area contributed by atoms with Crippen LogP contribution in [-0.4, -0.2) is 76.6 Å². The zero-order valence-corrected chi connectivity index (χ0v) is 14.3. The van der Waals surface area contributed by atoms with Crippen LogP contribution < -0.4 is 10.6 Å². The van der Waals surface area contributed by atoms with Crippen molar-refractivity contribution in [1.82, 2.24) is 15.5 Å². The fraction of sp³-hybridized carbons (Fsp3) is 0.938. The molecule has 0 amide bonds. The molecule has 2 aliphatic rings. The maximum Gasteiger partial charge on any atom is 0.191 e. The maximum atomic E-state index is 5.86. The summed E-state index contributed by atoms with van der Waals surface area (Å²) in [6, 6.07) is 0. The van der Waals surface area contributed by atoms with Crippen LogP contribution in [0.1, 0.15) is 20.3 Å². The lowest BCUT2D eigenvalue weighted by Gasteiger charge is -2.34. The number of nitrogens with zero attached hydrogens (tertiary/aromatic N) is 2. The molecule has 0 spiro atoms. The number of rotatable bonds is 6. The number of aliphatic imine (C=N–C) groups is 1. The van der Waals surface area contributed by atoms with Gasteiger partial charge < -0.3 is 20.1 Å². The Hall–Kier alpha value is -0.850. The van der Waals surface area contributed by atoms with E-state index in [1.54, 1.807) is 0 Å². The molecule has 0 aromatic carbocycles. The van der Waals surface area contributed by atoms with Crippen molar-refractivity contribution in [3.05, 3.63) is 0 Å². The van der Waals surface area contributed by atoms with Gasteiger partial charge in [0.2, 0.25) is 0 Å². The van der Waals surface area contributed by atoms with Crippen molar-refractivity contribution in [2.75, 3.05) is 59.6 Å². The van der Waals surface area contributed by atoms with E-state index in [-0.39, 0.29) is 6.10 Å². The van der Waals surface area contributed by atoms with Crippen molar-refractivity contribution in [1.29, 1.82) is 0 Å². The van der Waals surface area contributed by atoms with Gasteiger partial charge in [0.15, 0.2) is 5.96 Å². The molecule has 2 heterocycles. The molecule has 0 aromatic rings. The fourth-order valence-corrected chi connectivity index (χ4v) is 3.00. The number of morpholine rings is 1. The Balaban J connectivity index is 1.66. The largest absolute Gasteiger partial charge is 0.381 e. The van der Waals surface area contributed by atoms with Crippen molar-refractivity contribution < 1.29 is 9.47 Å². The van der Waals surface area contributed by atoms with Crippen LogP contribution in [0.5, 0.6) is 0 Å². The number of ether oxygens (including phenoxy) is 2. The predicted octanol–water partition coefficient (Wildman–Crippen LogP) is 0.545. The van der Waals surface area contributed by atoms with Gasteiger partial charge in [0.25, 0.3) is 0 Å². The molecule has 2 fully saturated rings. The van der Waals surface area contributed by atoms with E-state index in [0.29, 0.717) is 11.8 Å². The molecule has 128 valence electrons. The number of hydrogen-bond acceptors (Lipinski definition) is 4. The van der Waals surface area contributed by atoms with E-state index in [1.807, 2.05) is 7.05 Å². The molecule has 2 saturated heterocycles. The average Bonchev–Trinajstić information content (AvgIpc) is 3.00. The number of hydrogen-bond donors (Lipinski definition) is 2. The molecule has 2 aliphatic heterocycles. The van der Waals surface area contributed by atoms with Crippen molar-refractivity contribution >= 4 is 5.96 Å². The van der Waals surface area contributed by atoms with Gasteiger partial charge >= 0.3 is 0 Å². The zero-order chi connectivity index (χ0) is 15.8. The molecular formula is C16H32N4O2. The van der Waals surface area contributed by atoms with E-state index in [1.165, 1.54) is 0 Å². The van der Waals surface area contributed by atoms with Gasteiger partial charge in [-0.1, -0.05) is 13.8 Å². The molecule has 0 bridgehead atoms. The Morgan fingerprint density at radius 3 is 2.77 bits per heavy atom. The Kier molecular flexibility index (Phi) is 7.42. The highest BCUT2D eigenvalue weighted by atomic mass is 16.5. The smallest absolute Gasteiger partial charge is 0.191 e. The third-order valence-electron chi connectivity index (χ3n) is 4.15. The van der Waals surface area contributed by atoms with E-state index in [2.05, 4.69) is 34.4 Å². The van der Waals surface area contributed by atoms with E-state index in [9.17, 15) is 0 Å². The van der Waals surface area contributed by atoms with E-state index in [4.69, 9.17) is 9.47 Å². The summed E-state index contributed by atoms with van der Waals surface area (Å²) >= 11 is 0. The van der Waals surface area contributed by atoms with Crippen LogP contribution in [0.25, 0.3) is 0 Å². The summed E-state index contributed by atoms with van der Waals surface area (Å²) in [7, 11) is 1.81. The predicted molar refractivity (Wildman–Crippen MR) is 89.3 cm³/mol. The third-order valence-corrected chi connectivity index (χ3v) is 4.15. The standard InChI is InChI=1S/C16H32N4O2/c1-13(2)10-20-5-7-22-15(11-20)9-19-16(17-3)18-8-14-4-6-21-12-14/h13-15H,4-12H2,1-3H3,(H2,17,18,19). The van der Waals surface area contributed by atoms with Gasteiger partial charge in [0.05, 0.1) is 19.3 Å². The number of guanidine groups is 1. The molecule has 2 N–H and O–H groups in total. The molecule has 22 heavy (non-hydrogen) atoms. The van der Waals surface area contributed by atoms with Crippen LogP contribution >= 0.6 is 0 Å². The Morgan fingerprint density at radius 2 is 2.09 bits per heavy atom. The van der Waals surface area contributed by atoms with Gasteiger partial charge in [-0.05, 0) is 12.3 Å². The molecule has 0 aromatic heterocycles. The van der Waals surface area contributed by atoms with Gasteiger partial charge in [0.1, 0.15) is 0 Å². The molecule has 0 saturated carbocycles. The summed E-state index contributed by atoms with van der Waals surface area (Å²) < 4.78 is 11.3. The monoisotopic (exact) mass is 312 g/mol. The van der Waals surface area contributed by atoms with Gasteiger partial charge in [-0.15, -0.1) is 0 Å². The van der Waals surface area contributed by atoms with Gasteiger partial charge in [-0.25, -0.2) is 0 Å². The van der Waals surface area contributed by atoms with Crippen LogP contribution in [0, 0.1) is 11.8 Å². The fourth-order valence-electron chi connectivity index (χ4n) is 3.00. The van der Waals surface area contributed by atoms with Crippen LogP contribution in [-0.2, 0) is 9.47 Å². The molecule has 0 aliphatic carbocycles. The third kappa shape index (κ3) is 6.10. The van der Waals surface area contributed by atoms with Crippen LogP contribution in [0.2, 0.25) is 0 Å². The molecule has 2 rings (SSSR count).